The first-order valence-electron chi connectivity index (χ1n) is 11.7. The third-order valence-electron chi connectivity index (χ3n) is 6.37. The van der Waals surface area contributed by atoms with Gasteiger partial charge >= 0.3 is 0 Å². The smallest absolute Gasteiger partial charge is 0.264 e. The molecule has 0 radical (unpaired) electrons. The molecule has 1 fully saturated rings. The number of hydrogen-bond acceptors (Lipinski definition) is 6. The van der Waals surface area contributed by atoms with E-state index in [-0.39, 0.29) is 23.7 Å². The molecule has 2 aromatic rings. The summed E-state index contributed by atoms with van der Waals surface area (Å²) in [6.07, 6.45) is 0.316. The lowest BCUT2D eigenvalue weighted by molar-refractivity contribution is -0.325. The second-order valence-corrected chi connectivity index (χ2v) is 16.5. The largest absolute Gasteiger partial charge is 0.405 e. The van der Waals surface area contributed by atoms with E-state index in [2.05, 4.69) is 69.3 Å². The van der Waals surface area contributed by atoms with Gasteiger partial charge in [-0.3, -0.25) is 4.18 Å². The van der Waals surface area contributed by atoms with Gasteiger partial charge < -0.3 is 13.9 Å². The minimum atomic E-state index is -3.57. The van der Waals surface area contributed by atoms with Crippen molar-refractivity contribution in [3.63, 3.8) is 0 Å². The Hall–Kier alpha value is -1.55. The lowest BCUT2D eigenvalue weighted by atomic mass is 9.96. The maximum absolute atomic E-state index is 11.6. The Balaban J connectivity index is 1.96. The van der Waals surface area contributed by atoms with Gasteiger partial charge in [-0.2, -0.15) is 8.42 Å². The standard InChI is InChI=1S/C26H38O6SSi/c1-20-23(18-29-33(7,27)28)31-26(5,6)32-24(20)19-30-34(25(2,3)4,21-14-10-8-11-15-21)22-16-12-9-13-17-22/h8-17,20,23-24H,18-19H2,1-7H3/t20-,23+,24-/m1/s1. The Bertz CT molecular complexity index is 994. The first kappa shape index (κ1) is 27.0. The molecule has 6 nitrogen and oxygen atoms in total. The summed E-state index contributed by atoms with van der Waals surface area (Å²) < 4.78 is 47.6. The van der Waals surface area contributed by atoms with Crippen LogP contribution in [0.2, 0.25) is 5.04 Å². The van der Waals surface area contributed by atoms with Crippen LogP contribution in [-0.4, -0.2) is 54.2 Å². The highest BCUT2D eigenvalue weighted by atomic mass is 32.2. The van der Waals surface area contributed by atoms with E-state index < -0.39 is 30.3 Å². The molecule has 3 rings (SSSR count). The van der Waals surface area contributed by atoms with E-state index in [9.17, 15) is 8.42 Å². The van der Waals surface area contributed by atoms with Gasteiger partial charge in [0, 0.05) is 5.92 Å². The summed E-state index contributed by atoms with van der Waals surface area (Å²) in [5.74, 6) is -1.02. The topological polar surface area (TPSA) is 71.1 Å². The molecule has 0 saturated carbocycles. The van der Waals surface area contributed by atoms with Gasteiger partial charge in [0.1, 0.15) is 0 Å². The van der Waals surface area contributed by atoms with E-state index in [1.54, 1.807) is 0 Å². The quantitative estimate of drug-likeness (QED) is 0.402. The molecule has 0 unspecified atom stereocenters. The number of hydrogen-bond donors (Lipinski definition) is 0. The fourth-order valence-electron chi connectivity index (χ4n) is 4.74. The zero-order chi connectivity index (χ0) is 25.2. The summed E-state index contributed by atoms with van der Waals surface area (Å²) in [4.78, 5) is 0. The molecular weight excluding hydrogens is 468 g/mol. The molecule has 0 aliphatic carbocycles. The Morgan fingerprint density at radius 2 is 1.32 bits per heavy atom. The van der Waals surface area contributed by atoms with E-state index in [4.69, 9.17) is 18.1 Å². The minimum Gasteiger partial charge on any atom is -0.405 e. The van der Waals surface area contributed by atoms with Gasteiger partial charge in [-0.25, -0.2) is 0 Å². The summed E-state index contributed by atoms with van der Waals surface area (Å²) >= 11 is 0. The molecule has 0 spiro atoms. The van der Waals surface area contributed by atoms with Crippen molar-refractivity contribution in [3.05, 3.63) is 60.7 Å². The average Bonchev–Trinajstić information content (AvgIpc) is 2.75. The Labute approximate surface area is 205 Å². The van der Waals surface area contributed by atoms with Crippen molar-refractivity contribution < 1.29 is 26.5 Å². The number of benzene rings is 2. The van der Waals surface area contributed by atoms with Crippen LogP contribution in [0, 0.1) is 5.92 Å². The van der Waals surface area contributed by atoms with E-state index in [0.717, 1.165) is 6.26 Å². The minimum absolute atomic E-state index is 0.0531. The molecule has 1 aliphatic heterocycles. The highest BCUT2D eigenvalue weighted by molar-refractivity contribution is 7.85. The van der Waals surface area contributed by atoms with Crippen LogP contribution in [0.3, 0.4) is 0 Å². The Morgan fingerprint density at radius 3 is 1.74 bits per heavy atom. The van der Waals surface area contributed by atoms with E-state index in [1.165, 1.54) is 10.4 Å². The zero-order valence-corrected chi connectivity index (χ0v) is 23.1. The predicted octanol–water partition coefficient (Wildman–Crippen LogP) is 3.70. The molecule has 8 heteroatoms. The van der Waals surface area contributed by atoms with Crippen molar-refractivity contribution in [2.24, 2.45) is 5.92 Å². The average molecular weight is 507 g/mol. The molecule has 3 atom stereocenters. The van der Waals surface area contributed by atoms with Crippen LogP contribution < -0.4 is 10.4 Å². The summed E-state index contributed by atoms with van der Waals surface area (Å²) in [5.41, 5.74) is 0. The van der Waals surface area contributed by atoms with Gasteiger partial charge in [-0.1, -0.05) is 88.4 Å². The van der Waals surface area contributed by atoms with Crippen molar-refractivity contribution in [2.75, 3.05) is 19.5 Å². The molecule has 1 heterocycles. The molecule has 0 N–H and O–H groups in total. The Kier molecular flexibility index (Phi) is 8.12. The van der Waals surface area contributed by atoms with Gasteiger partial charge in [0.25, 0.3) is 18.4 Å². The third kappa shape index (κ3) is 6.16. The first-order valence-corrected chi connectivity index (χ1v) is 15.4. The first-order chi connectivity index (χ1) is 15.8. The SMILES string of the molecule is C[C@@H]1[C@H](COS(C)(=O)=O)OC(C)(C)O[C@@H]1CO[Si](c1ccccc1)(c1ccccc1)C(C)(C)C. The summed E-state index contributed by atoms with van der Waals surface area (Å²) in [7, 11) is -6.30. The number of rotatable bonds is 8. The maximum Gasteiger partial charge on any atom is 0.264 e. The van der Waals surface area contributed by atoms with Crippen molar-refractivity contribution in [1.29, 1.82) is 0 Å². The second kappa shape index (κ2) is 10.2. The van der Waals surface area contributed by atoms with Gasteiger partial charge in [-0.05, 0) is 29.3 Å². The third-order valence-corrected chi connectivity index (χ3v) is 11.9. The van der Waals surface area contributed by atoms with Gasteiger partial charge in [0.15, 0.2) is 5.79 Å². The lowest BCUT2D eigenvalue weighted by Gasteiger charge is -2.47. The van der Waals surface area contributed by atoms with Crippen molar-refractivity contribution in [3.8, 4) is 0 Å². The van der Waals surface area contributed by atoms with Crippen LogP contribution in [0.5, 0.6) is 0 Å². The van der Waals surface area contributed by atoms with Crippen molar-refractivity contribution in [2.45, 2.75) is 64.6 Å². The van der Waals surface area contributed by atoms with Crippen LogP contribution in [0.25, 0.3) is 0 Å². The second-order valence-electron chi connectivity index (χ2n) is 10.5. The van der Waals surface area contributed by atoms with E-state index in [0.29, 0.717) is 6.61 Å². The molecule has 0 aromatic heterocycles. The van der Waals surface area contributed by atoms with Crippen LogP contribution >= 0.6 is 0 Å². The van der Waals surface area contributed by atoms with Gasteiger partial charge in [-0.15, -0.1) is 0 Å². The van der Waals surface area contributed by atoms with Crippen LogP contribution in [0.15, 0.2) is 60.7 Å². The number of ether oxygens (including phenoxy) is 2. The monoisotopic (exact) mass is 506 g/mol. The molecule has 1 saturated heterocycles. The highest BCUT2D eigenvalue weighted by Gasteiger charge is 2.51. The fourth-order valence-corrected chi connectivity index (χ4v) is 9.69. The molecule has 0 bridgehead atoms. The maximum atomic E-state index is 11.6. The van der Waals surface area contributed by atoms with Crippen LogP contribution in [-0.2, 0) is 28.2 Å². The molecule has 188 valence electrons. The van der Waals surface area contributed by atoms with Gasteiger partial charge in [0.2, 0.25) is 0 Å². The summed E-state index contributed by atoms with van der Waals surface area (Å²) in [6.45, 7) is 12.7. The van der Waals surface area contributed by atoms with E-state index in [1.807, 2.05) is 32.9 Å². The molecular formula is C26H38O6SSi. The lowest BCUT2D eigenvalue weighted by Crippen LogP contribution is -2.67. The highest BCUT2D eigenvalue weighted by Crippen LogP contribution is 2.38. The molecule has 0 amide bonds. The van der Waals surface area contributed by atoms with Gasteiger partial charge in [0.05, 0.1) is 31.7 Å². The van der Waals surface area contributed by atoms with E-state index >= 15 is 0 Å². The predicted molar refractivity (Wildman–Crippen MR) is 137 cm³/mol. The van der Waals surface area contributed by atoms with Crippen LogP contribution in [0.1, 0.15) is 41.5 Å². The van der Waals surface area contributed by atoms with Crippen LogP contribution in [0.4, 0.5) is 0 Å². The molecule has 1 aliphatic rings. The van der Waals surface area contributed by atoms with Crippen molar-refractivity contribution >= 4 is 28.8 Å². The molecule has 34 heavy (non-hydrogen) atoms. The summed E-state index contributed by atoms with van der Waals surface area (Å²) in [6, 6.07) is 20.9. The normalized spacial score (nSPS) is 23.6. The zero-order valence-electron chi connectivity index (χ0n) is 21.3. The Morgan fingerprint density at radius 1 is 0.882 bits per heavy atom. The fraction of sp³-hybridized carbons (Fsp3) is 0.538. The summed E-state index contributed by atoms with van der Waals surface area (Å²) in [5, 5.41) is 2.24. The van der Waals surface area contributed by atoms with Crippen molar-refractivity contribution in [1.82, 2.24) is 0 Å². The molecule has 2 aromatic carbocycles.